The summed E-state index contributed by atoms with van der Waals surface area (Å²) < 4.78 is 16.1. The Balaban J connectivity index is 1.62. The number of phenols is 1. The highest BCUT2D eigenvalue weighted by Gasteiger charge is 2.36. The maximum atomic E-state index is 13.7. The van der Waals surface area contributed by atoms with Crippen molar-refractivity contribution >= 4 is 17.2 Å². The number of Topliss-reactive ketones (excluding diaryl/α,β-unsaturated/α-hetero) is 1. The summed E-state index contributed by atoms with van der Waals surface area (Å²) in [5.74, 6) is 1.40. The molecule has 2 unspecified atom stereocenters. The number of para-hydroxylation sites is 2. The third-order valence-corrected chi connectivity index (χ3v) is 6.73. The molecule has 0 saturated carbocycles. The molecule has 2 aliphatic rings. The van der Waals surface area contributed by atoms with Gasteiger partial charge in [0.2, 0.25) is 5.75 Å². The maximum absolute atomic E-state index is 13.7. The van der Waals surface area contributed by atoms with Gasteiger partial charge in [-0.3, -0.25) is 4.79 Å². The first-order valence-corrected chi connectivity index (χ1v) is 11.5. The van der Waals surface area contributed by atoms with Gasteiger partial charge in [0.05, 0.1) is 38.7 Å². The lowest BCUT2D eigenvalue weighted by Crippen LogP contribution is -2.27. The fraction of sp³-hybridized carbons (Fsp3) is 0.250. The lowest BCUT2D eigenvalue weighted by molar-refractivity contribution is -0.116. The summed E-state index contributed by atoms with van der Waals surface area (Å²) in [4.78, 5) is 13.7. The molecule has 3 aromatic carbocycles. The van der Waals surface area contributed by atoms with Crippen molar-refractivity contribution in [1.29, 1.82) is 0 Å². The van der Waals surface area contributed by atoms with E-state index in [0.717, 1.165) is 33.9 Å². The van der Waals surface area contributed by atoms with Crippen molar-refractivity contribution in [1.82, 2.24) is 0 Å². The fourth-order valence-corrected chi connectivity index (χ4v) is 4.93. The van der Waals surface area contributed by atoms with Crippen molar-refractivity contribution in [2.24, 2.45) is 0 Å². The Bertz CT molecular complexity index is 1270. The number of methoxy groups -OCH3 is 3. The van der Waals surface area contributed by atoms with Crippen molar-refractivity contribution in [3.63, 3.8) is 0 Å². The number of ether oxygens (including phenoxy) is 3. The van der Waals surface area contributed by atoms with Crippen LogP contribution in [0, 0.1) is 0 Å². The highest BCUT2D eigenvalue weighted by Crippen LogP contribution is 2.47. The number of hydrogen-bond donors (Lipinski definition) is 3. The lowest BCUT2D eigenvalue weighted by Gasteiger charge is -2.30. The largest absolute Gasteiger partial charge is 0.502 e. The van der Waals surface area contributed by atoms with Crippen molar-refractivity contribution in [3.8, 4) is 23.0 Å². The predicted molar refractivity (Wildman–Crippen MR) is 135 cm³/mol. The van der Waals surface area contributed by atoms with E-state index in [1.54, 1.807) is 19.2 Å². The van der Waals surface area contributed by atoms with Gasteiger partial charge in [0.1, 0.15) is 5.75 Å². The fourth-order valence-electron chi connectivity index (χ4n) is 4.93. The van der Waals surface area contributed by atoms with E-state index in [1.165, 1.54) is 14.2 Å². The molecule has 1 aliphatic carbocycles. The van der Waals surface area contributed by atoms with Gasteiger partial charge in [0, 0.05) is 17.7 Å². The summed E-state index contributed by atoms with van der Waals surface area (Å²) >= 11 is 0. The molecule has 0 amide bonds. The molecule has 7 nitrogen and oxygen atoms in total. The quantitative estimate of drug-likeness (QED) is 0.458. The summed E-state index contributed by atoms with van der Waals surface area (Å²) in [6.07, 6.45) is 1.08. The van der Waals surface area contributed by atoms with E-state index in [1.807, 2.05) is 48.5 Å². The zero-order valence-electron chi connectivity index (χ0n) is 19.9. The van der Waals surface area contributed by atoms with Crippen LogP contribution >= 0.6 is 0 Å². The third kappa shape index (κ3) is 4.14. The average Bonchev–Trinajstić information content (AvgIpc) is 3.06. The normalized spacial score (nSPS) is 19.0. The number of ketones is 1. The molecule has 0 spiro atoms. The van der Waals surface area contributed by atoms with Crippen LogP contribution in [0.5, 0.6) is 23.0 Å². The van der Waals surface area contributed by atoms with Gasteiger partial charge in [-0.2, -0.15) is 0 Å². The number of rotatable bonds is 5. The Hall–Kier alpha value is -4.13. The topological polar surface area (TPSA) is 89.1 Å². The van der Waals surface area contributed by atoms with Gasteiger partial charge in [-0.1, -0.05) is 24.3 Å². The smallest absolute Gasteiger partial charge is 0.200 e. The molecular weight excluding hydrogens is 444 g/mol. The number of aromatic hydroxyl groups is 1. The summed E-state index contributed by atoms with van der Waals surface area (Å²) in [5.41, 5.74) is 5.22. The first-order valence-electron chi connectivity index (χ1n) is 11.5. The van der Waals surface area contributed by atoms with Crippen LogP contribution in [0.25, 0.3) is 0 Å². The SMILES string of the molecule is COc1ccc(C2CC(=O)C3=C(C2)Nc2ccccc2NC3c2cc(OC)c(O)c(OC)c2)cc1. The van der Waals surface area contributed by atoms with E-state index in [4.69, 9.17) is 14.2 Å². The molecule has 0 aromatic heterocycles. The minimum absolute atomic E-state index is 0.0504. The molecule has 3 aromatic rings. The minimum atomic E-state index is -0.450. The Morgan fingerprint density at radius 2 is 1.49 bits per heavy atom. The molecule has 180 valence electrons. The van der Waals surface area contributed by atoms with E-state index < -0.39 is 6.04 Å². The van der Waals surface area contributed by atoms with Gasteiger partial charge < -0.3 is 30.0 Å². The molecule has 3 N–H and O–H groups in total. The second-order valence-corrected chi connectivity index (χ2v) is 8.72. The number of fused-ring (bicyclic) bond motifs is 1. The molecule has 1 heterocycles. The number of nitrogens with one attached hydrogen (secondary N) is 2. The first kappa shape index (κ1) is 22.7. The first-order chi connectivity index (χ1) is 17.0. The lowest BCUT2D eigenvalue weighted by atomic mass is 9.78. The van der Waals surface area contributed by atoms with E-state index >= 15 is 0 Å². The Labute approximate surface area is 204 Å². The van der Waals surface area contributed by atoms with Gasteiger partial charge in [0.15, 0.2) is 17.3 Å². The number of anilines is 2. The monoisotopic (exact) mass is 472 g/mol. The number of allylic oxidation sites excluding steroid dienone is 1. The molecule has 1 aliphatic heterocycles. The van der Waals surface area contributed by atoms with Crippen molar-refractivity contribution in [2.45, 2.75) is 24.8 Å². The van der Waals surface area contributed by atoms with E-state index in [-0.39, 0.29) is 28.9 Å². The highest BCUT2D eigenvalue weighted by molar-refractivity contribution is 6.01. The maximum Gasteiger partial charge on any atom is 0.200 e. The van der Waals surface area contributed by atoms with E-state index in [2.05, 4.69) is 10.6 Å². The van der Waals surface area contributed by atoms with Crippen molar-refractivity contribution in [3.05, 3.63) is 83.1 Å². The number of benzene rings is 3. The van der Waals surface area contributed by atoms with Crippen LogP contribution in [-0.4, -0.2) is 32.2 Å². The second kappa shape index (κ2) is 9.25. The van der Waals surface area contributed by atoms with Crippen LogP contribution in [0.3, 0.4) is 0 Å². The van der Waals surface area contributed by atoms with Crippen LogP contribution in [0.4, 0.5) is 11.4 Å². The van der Waals surface area contributed by atoms with Gasteiger partial charge in [-0.25, -0.2) is 0 Å². The van der Waals surface area contributed by atoms with Gasteiger partial charge in [-0.15, -0.1) is 0 Å². The minimum Gasteiger partial charge on any atom is -0.502 e. The molecule has 0 radical (unpaired) electrons. The number of hydrogen-bond acceptors (Lipinski definition) is 7. The summed E-state index contributed by atoms with van der Waals surface area (Å²) in [6.45, 7) is 0. The number of carbonyl (C=O) groups excluding carboxylic acids is 1. The third-order valence-electron chi connectivity index (χ3n) is 6.73. The van der Waals surface area contributed by atoms with Crippen molar-refractivity contribution < 1.29 is 24.1 Å². The molecule has 0 bridgehead atoms. The predicted octanol–water partition coefficient (Wildman–Crippen LogP) is 5.40. The van der Waals surface area contributed by atoms with Crippen molar-refractivity contribution in [2.75, 3.05) is 32.0 Å². The molecule has 7 heteroatoms. The van der Waals surface area contributed by atoms with E-state index in [9.17, 15) is 9.90 Å². The highest BCUT2D eigenvalue weighted by atomic mass is 16.5. The summed E-state index contributed by atoms with van der Waals surface area (Å²) in [7, 11) is 4.63. The van der Waals surface area contributed by atoms with Gasteiger partial charge in [0.25, 0.3) is 0 Å². The van der Waals surface area contributed by atoms with Crippen LogP contribution in [0.15, 0.2) is 71.9 Å². The summed E-state index contributed by atoms with van der Waals surface area (Å²) in [6, 6.07) is 18.8. The average molecular weight is 473 g/mol. The Kier molecular flexibility index (Phi) is 5.99. The standard InChI is InChI=1S/C28H28N2O5/c1-33-19-10-8-16(9-11-19)17-12-22-26(23(31)13-17)27(30-21-7-5-4-6-20(21)29-22)18-14-24(34-2)28(32)25(15-18)35-3/h4-11,14-15,17,27,29-30,32H,12-13H2,1-3H3. The Morgan fingerprint density at radius 3 is 2.11 bits per heavy atom. The van der Waals surface area contributed by atoms with Crippen LogP contribution in [-0.2, 0) is 4.79 Å². The second-order valence-electron chi connectivity index (χ2n) is 8.72. The molecule has 5 rings (SSSR count). The molecule has 35 heavy (non-hydrogen) atoms. The van der Waals surface area contributed by atoms with E-state index in [0.29, 0.717) is 18.4 Å². The molecule has 0 fully saturated rings. The zero-order valence-corrected chi connectivity index (χ0v) is 19.9. The number of phenolic OH excluding ortho intramolecular Hbond substituents is 1. The van der Waals surface area contributed by atoms with Gasteiger partial charge >= 0.3 is 0 Å². The molecule has 2 atom stereocenters. The van der Waals surface area contributed by atoms with Gasteiger partial charge in [-0.05, 0) is 59.9 Å². The Morgan fingerprint density at radius 1 is 0.829 bits per heavy atom. The molecular formula is C28H28N2O5. The number of carbonyl (C=O) groups is 1. The van der Waals surface area contributed by atoms with Crippen LogP contribution < -0.4 is 24.8 Å². The van der Waals surface area contributed by atoms with Crippen LogP contribution in [0.1, 0.15) is 35.9 Å². The van der Waals surface area contributed by atoms with Crippen LogP contribution in [0.2, 0.25) is 0 Å². The molecule has 0 saturated heterocycles. The zero-order chi connectivity index (χ0) is 24.5. The summed E-state index contributed by atoms with van der Waals surface area (Å²) in [5, 5.41) is 17.5.